The summed E-state index contributed by atoms with van der Waals surface area (Å²) < 4.78 is 0. The molecule has 5 heteroatoms. The average molecular weight is 325 g/mol. The van der Waals surface area contributed by atoms with Crippen LogP contribution in [0.2, 0.25) is 5.02 Å². The maximum atomic E-state index is 12.7. The molecule has 1 N–H and O–H groups in total. The van der Waals surface area contributed by atoms with Crippen LogP contribution in [0.4, 0.5) is 0 Å². The maximum Gasteiger partial charge on any atom is 0.241 e. The fraction of sp³-hybridized carbons (Fsp3) is 0.562. The first-order valence-corrected chi connectivity index (χ1v) is 9.15. The van der Waals surface area contributed by atoms with Crippen LogP contribution in [0.15, 0.2) is 24.3 Å². The van der Waals surface area contributed by atoms with E-state index in [4.69, 9.17) is 11.6 Å². The lowest BCUT2D eigenvalue weighted by Crippen LogP contribution is -2.43. The monoisotopic (exact) mass is 324 g/mol. The van der Waals surface area contributed by atoms with Crippen molar-refractivity contribution in [1.82, 2.24) is 10.2 Å². The Morgan fingerprint density at radius 2 is 2.14 bits per heavy atom. The summed E-state index contributed by atoms with van der Waals surface area (Å²) in [5.74, 6) is 2.52. The van der Waals surface area contributed by atoms with Crippen molar-refractivity contribution in [2.45, 2.75) is 44.4 Å². The van der Waals surface area contributed by atoms with E-state index in [2.05, 4.69) is 17.1 Å². The van der Waals surface area contributed by atoms with Crippen molar-refractivity contribution in [3.63, 3.8) is 0 Å². The summed E-state index contributed by atoms with van der Waals surface area (Å²) in [6.07, 6.45) is 3.13. The zero-order chi connectivity index (χ0) is 14.8. The predicted octanol–water partition coefficient (Wildman–Crippen LogP) is 3.44. The van der Waals surface area contributed by atoms with Gasteiger partial charge in [-0.05, 0) is 42.7 Å². The molecule has 2 aliphatic rings. The third kappa shape index (κ3) is 3.08. The highest BCUT2D eigenvalue weighted by atomic mass is 35.5. The molecule has 0 saturated carbocycles. The van der Waals surface area contributed by atoms with Crippen LogP contribution in [0.1, 0.15) is 37.9 Å². The molecule has 2 saturated heterocycles. The van der Waals surface area contributed by atoms with E-state index < -0.39 is 0 Å². The normalized spacial score (nSPS) is 29.9. The molecule has 21 heavy (non-hydrogen) atoms. The van der Waals surface area contributed by atoms with Gasteiger partial charge in [0.15, 0.2) is 0 Å². The Hall–Kier alpha value is -0.710. The lowest BCUT2D eigenvalue weighted by Gasteiger charge is -2.35. The van der Waals surface area contributed by atoms with Gasteiger partial charge < -0.3 is 4.90 Å². The lowest BCUT2D eigenvalue weighted by atomic mass is 10.1. The molecule has 114 valence electrons. The largest absolute Gasteiger partial charge is 0.318 e. The minimum Gasteiger partial charge on any atom is -0.318 e. The molecule has 2 aliphatic heterocycles. The molecule has 0 spiro atoms. The third-order valence-corrected chi connectivity index (χ3v) is 5.76. The smallest absolute Gasteiger partial charge is 0.241 e. The number of amides is 1. The molecule has 1 amide bonds. The van der Waals surface area contributed by atoms with Crippen LogP contribution in [0.25, 0.3) is 0 Å². The second-order valence-corrected chi connectivity index (χ2v) is 7.28. The molecule has 2 heterocycles. The highest BCUT2D eigenvalue weighted by Gasteiger charge is 2.42. The number of nitrogens with zero attached hydrogens (tertiary/aromatic N) is 1. The SMILES string of the molecule is CCC1NC(c2ccc(Cl)cc2)N(C2CCCSC2)C1=O. The topological polar surface area (TPSA) is 32.3 Å². The first-order valence-electron chi connectivity index (χ1n) is 7.62. The van der Waals surface area contributed by atoms with Gasteiger partial charge in [-0.25, -0.2) is 0 Å². The summed E-state index contributed by atoms with van der Waals surface area (Å²) in [6, 6.07) is 8.13. The summed E-state index contributed by atoms with van der Waals surface area (Å²) in [4.78, 5) is 14.8. The lowest BCUT2D eigenvalue weighted by molar-refractivity contribution is -0.132. The molecule has 0 aromatic heterocycles. The molecule has 0 radical (unpaired) electrons. The Kier molecular flexibility index (Phi) is 4.77. The second-order valence-electron chi connectivity index (χ2n) is 5.70. The number of halogens is 1. The third-order valence-electron chi connectivity index (χ3n) is 4.31. The Balaban J connectivity index is 1.88. The summed E-state index contributed by atoms with van der Waals surface area (Å²) in [7, 11) is 0. The van der Waals surface area contributed by atoms with Gasteiger partial charge in [0.05, 0.1) is 6.04 Å². The average Bonchev–Trinajstić information content (AvgIpc) is 2.85. The number of hydrogen-bond acceptors (Lipinski definition) is 3. The van der Waals surface area contributed by atoms with Gasteiger partial charge in [0.25, 0.3) is 0 Å². The van der Waals surface area contributed by atoms with Gasteiger partial charge in [0.1, 0.15) is 6.17 Å². The molecule has 3 rings (SSSR count). The van der Waals surface area contributed by atoms with Crippen molar-refractivity contribution in [1.29, 1.82) is 0 Å². The van der Waals surface area contributed by atoms with Crippen molar-refractivity contribution in [2.75, 3.05) is 11.5 Å². The van der Waals surface area contributed by atoms with Crippen molar-refractivity contribution >= 4 is 29.3 Å². The van der Waals surface area contributed by atoms with Gasteiger partial charge in [-0.2, -0.15) is 11.8 Å². The molecule has 2 fully saturated rings. The number of carbonyl (C=O) groups excluding carboxylic acids is 1. The van der Waals surface area contributed by atoms with Crippen LogP contribution < -0.4 is 5.32 Å². The molecule has 1 aromatic rings. The van der Waals surface area contributed by atoms with Crippen LogP contribution in [-0.4, -0.2) is 34.4 Å². The van der Waals surface area contributed by atoms with Gasteiger partial charge in [-0.15, -0.1) is 0 Å². The zero-order valence-electron chi connectivity index (χ0n) is 12.2. The highest BCUT2D eigenvalue weighted by Crippen LogP contribution is 2.33. The maximum absolute atomic E-state index is 12.7. The Morgan fingerprint density at radius 1 is 1.38 bits per heavy atom. The molecular formula is C16H21ClN2OS. The zero-order valence-corrected chi connectivity index (χ0v) is 13.8. The minimum absolute atomic E-state index is 0.0107. The fourth-order valence-corrected chi connectivity index (χ4v) is 4.44. The van der Waals surface area contributed by atoms with E-state index in [9.17, 15) is 4.79 Å². The highest BCUT2D eigenvalue weighted by molar-refractivity contribution is 7.99. The van der Waals surface area contributed by atoms with E-state index in [0.29, 0.717) is 6.04 Å². The summed E-state index contributed by atoms with van der Waals surface area (Å²) in [6.45, 7) is 2.06. The molecule has 0 bridgehead atoms. The number of rotatable bonds is 3. The Bertz CT molecular complexity index is 502. The van der Waals surface area contributed by atoms with Gasteiger partial charge in [-0.1, -0.05) is 30.7 Å². The van der Waals surface area contributed by atoms with E-state index in [1.165, 1.54) is 12.2 Å². The van der Waals surface area contributed by atoms with Crippen LogP contribution >= 0.6 is 23.4 Å². The first kappa shape index (κ1) is 15.2. The molecule has 3 unspecified atom stereocenters. The van der Waals surface area contributed by atoms with E-state index in [1.807, 2.05) is 36.0 Å². The van der Waals surface area contributed by atoms with Gasteiger partial charge in [-0.3, -0.25) is 10.1 Å². The molecule has 3 atom stereocenters. The van der Waals surface area contributed by atoms with Crippen molar-refractivity contribution in [3.05, 3.63) is 34.9 Å². The number of thioether (sulfide) groups is 1. The van der Waals surface area contributed by atoms with Gasteiger partial charge in [0, 0.05) is 16.8 Å². The number of nitrogens with one attached hydrogen (secondary N) is 1. The van der Waals surface area contributed by atoms with E-state index in [1.54, 1.807) is 0 Å². The summed E-state index contributed by atoms with van der Waals surface area (Å²) in [5.41, 5.74) is 1.12. The van der Waals surface area contributed by atoms with Gasteiger partial charge in [0.2, 0.25) is 5.91 Å². The Labute approximate surface area is 135 Å². The van der Waals surface area contributed by atoms with Crippen molar-refractivity contribution in [3.8, 4) is 0 Å². The minimum atomic E-state index is -0.0578. The van der Waals surface area contributed by atoms with Crippen LogP contribution in [0, 0.1) is 0 Å². The molecular weight excluding hydrogens is 304 g/mol. The standard InChI is InChI=1S/C16H21ClN2OS/c1-2-14-16(20)19(13-4-3-9-21-10-13)15(18-14)11-5-7-12(17)8-6-11/h5-8,13-15,18H,2-4,9-10H2,1H3. The van der Waals surface area contributed by atoms with Crippen molar-refractivity contribution < 1.29 is 4.79 Å². The van der Waals surface area contributed by atoms with E-state index >= 15 is 0 Å². The van der Waals surface area contributed by atoms with E-state index in [0.717, 1.165) is 29.2 Å². The van der Waals surface area contributed by atoms with Crippen molar-refractivity contribution in [2.24, 2.45) is 0 Å². The number of carbonyl (C=O) groups is 1. The fourth-order valence-electron chi connectivity index (χ4n) is 3.18. The summed E-state index contributed by atoms with van der Waals surface area (Å²) >= 11 is 7.94. The molecule has 3 nitrogen and oxygen atoms in total. The first-order chi connectivity index (χ1) is 10.2. The molecule has 1 aromatic carbocycles. The summed E-state index contributed by atoms with van der Waals surface area (Å²) in [5, 5.41) is 4.23. The van der Waals surface area contributed by atoms with Gasteiger partial charge >= 0.3 is 0 Å². The van der Waals surface area contributed by atoms with E-state index in [-0.39, 0.29) is 18.1 Å². The number of benzene rings is 1. The predicted molar refractivity (Wildman–Crippen MR) is 88.6 cm³/mol. The van der Waals surface area contributed by atoms with Crippen LogP contribution in [-0.2, 0) is 4.79 Å². The number of hydrogen-bond donors (Lipinski definition) is 1. The second kappa shape index (κ2) is 6.59. The quantitative estimate of drug-likeness (QED) is 0.924. The Morgan fingerprint density at radius 3 is 2.76 bits per heavy atom. The van der Waals surface area contributed by atoms with Crippen LogP contribution in [0.5, 0.6) is 0 Å². The molecule has 0 aliphatic carbocycles. The van der Waals surface area contributed by atoms with Crippen LogP contribution in [0.3, 0.4) is 0 Å².